The molecule has 136 valence electrons. The van der Waals surface area contributed by atoms with Gasteiger partial charge in [-0.2, -0.15) is 0 Å². The van der Waals surface area contributed by atoms with Crippen LogP contribution in [-0.2, 0) is 16.0 Å². The van der Waals surface area contributed by atoms with Gasteiger partial charge in [0.15, 0.2) is 0 Å². The van der Waals surface area contributed by atoms with Gasteiger partial charge >= 0.3 is 0 Å². The highest BCUT2D eigenvalue weighted by atomic mass is 35.5. The number of aryl methyl sites for hydroxylation is 1. The monoisotopic (exact) mass is 354 g/mol. The fourth-order valence-corrected chi connectivity index (χ4v) is 3.21. The Hall–Kier alpha value is -1.10. The van der Waals surface area contributed by atoms with E-state index in [4.69, 9.17) is 10.5 Å². The maximum Gasteiger partial charge on any atom is 0.242 e. The number of hydrogen-bond acceptors (Lipinski definition) is 3. The normalized spacial score (nSPS) is 19.6. The zero-order valence-electron chi connectivity index (χ0n) is 14.9. The molecule has 1 aromatic rings. The summed E-state index contributed by atoms with van der Waals surface area (Å²) in [6.07, 6.45) is 4.77. The minimum absolute atomic E-state index is 0. The van der Waals surface area contributed by atoms with Gasteiger partial charge in [-0.05, 0) is 38.2 Å². The van der Waals surface area contributed by atoms with Crippen LogP contribution in [0.15, 0.2) is 30.3 Å². The molecule has 1 aliphatic heterocycles. The molecule has 5 heteroatoms. The molecule has 1 saturated heterocycles. The van der Waals surface area contributed by atoms with Crippen molar-refractivity contribution in [1.29, 1.82) is 0 Å². The fraction of sp³-hybridized carbons (Fsp3) is 0.632. The zero-order chi connectivity index (χ0) is 16.7. The summed E-state index contributed by atoms with van der Waals surface area (Å²) in [5, 5.41) is 0. The fourth-order valence-electron chi connectivity index (χ4n) is 3.21. The van der Waals surface area contributed by atoms with E-state index >= 15 is 0 Å². The number of benzene rings is 1. The van der Waals surface area contributed by atoms with Crippen molar-refractivity contribution in [2.45, 2.75) is 57.6 Å². The Balaban J connectivity index is 0.00000288. The maximum atomic E-state index is 12.5. The molecule has 24 heavy (non-hydrogen) atoms. The first kappa shape index (κ1) is 20.9. The number of amides is 1. The van der Waals surface area contributed by atoms with Crippen LogP contribution in [-0.4, -0.2) is 42.1 Å². The Morgan fingerprint density at radius 1 is 1.38 bits per heavy atom. The van der Waals surface area contributed by atoms with Crippen molar-refractivity contribution in [1.82, 2.24) is 4.90 Å². The quantitative estimate of drug-likeness (QED) is 0.729. The topological polar surface area (TPSA) is 55.6 Å². The van der Waals surface area contributed by atoms with Gasteiger partial charge in [-0.15, -0.1) is 12.4 Å². The molecule has 1 fully saturated rings. The molecule has 0 spiro atoms. The molecule has 2 N–H and O–H groups in total. The highest BCUT2D eigenvalue weighted by molar-refractivity contribution is 5.86. The molecule has 0 saturated carbocycles. The molecular weight excluding hydrogens is 324 g/mol. The first-order valence-electron chi connectivity index (χ1n) is 8.76. The van der Waals surface area contributed by atoms with Crippen LogP contribution in [0.3, 0.4) is 0 Å². The molecule has 2 rings (SSSR count). The lowest BCUT2D eigenvalue weighted by atomic mass is 9.96. The van der Waals surface area contributed by atoms with E-state index in [0.29, 0.717) is 6.54 Å². The van der Waals surface area contributed by atoms with E-state index < -0.39 is 5.54 Å². The van der Waals surface area contributed by atoms with Crippen LogP contribution in [0.25, 0.3) is 0 Å². The third-order valence-corrected chi connectivity index (χ3v) is 4.50. The number of hydrogen-bond donors (Lipinski definition) is 1. The van der Waals surface area contributed by atoms with Gasteiger partial charge < -0.3 is 15.4 Å². The molecule has 1 heterocycles. The van der Waals surface area contributed by atoms with E-state index in [0.717, 1.165) is 45.3 Å². The average Bonchev–Trinajstić information content (AvgIpc) is 3.00. The Labute approximate surface area is 152 Å². The van der Waals surface area contributed by atoms with Gasteiger partial charge in [0, 0.05) is 19.7 Å². The lowest BCUT2D eigenvalue weighted by Gasteiger charge is -2.28. The van der Waals surface area contributed by atoms with Crippen LogP contribution in [0.4, 0.5) is 0 Å². The van der Waals surface area contributed by atoms with E-state index in [-0.39, 0.29) is 24.4 Å². The van der Waals surface area contributed by atoms with Crippen LogP contribution >= 0.6 is 12.4 Å². The van der Waals surface area contributed by atoms with Gasteiger partial charge in [0.05, 0.1) is 11.6 Å². The lowest BCUT2D eigenvalue weighted by Crippen LogP contribution is -2.52. The van der Waals surface area contributed by atoms with Gasteiger partial charge in [0.1, 0.15) is 0 Å². The van der Waals surface area contributed by atoms with Crippen molar-refractivity contribution in [3.05, 3.63) is 35.9 Å². The highest BCUT2D eigenvalue weighted by Crippen LogP contribution is 2.19. The minimum Gasteiger partial charge on any atom is -0.376 e. The SMILES string of the molecule is CCCC(C)(N)C(=O)N1CCC(OCCCc2ccccc2)C1.Cl. The van der Waals surface area contributed by atoms with Crippen LogP contribution in [0.2, 0.25) is 0 Å². The molecule has 1 amide bonds. The number of nitrogens with two attached hydrogens (primary N) is 1. The van der Waals surface area contributed by atoms with Gasteiger partial charge in [0.2, 0.25) is 5.91 Å². The predicted molar refractivity (Wildman–Crippen MR) is 100 cm³/mol. The summed E-state index contributed by atoms with van der Waals surface area (Å²) in [5.41, 5.74) is 6.76. The van der Waals surface area contributed by atoms with Crippen molar-refractivity contribution >= 4 is 18.3 Å². The van der Waals surface area contributed by atoms with E-state index in [1.165, 1.54) is 5.56 Å². The molecule has 0 aromatic heterocycles. The van der Waals surface area contributed by atoms with Crippen molar-refractivity contribution in [3.8, 4) is 0 Å². The molecule has 2 unspecified atom stereocenters. The van der Waals surface area contributed by atoms with Crippen LogP contribution in [0, 0.1) is 0 Å². The second-order valence-electron chi connectivity index (χ2n) is 6.79. The van der Waals surface area contributed by atoms with Crippen molar-refractivity contribution in [2.24, 2.45) is 5.73 Å². The summed E-state index contributed by atoms with van der Waals surface area (Å²) >= 11 is 0. The molecule has 0 radical (unpaired) electrons. The molecule has 4 nitrogen and oxygen atoms in total. The van der Waals surface area contributed by atoms with Gasteiger partial charge in [-0.25, -0.2) is 0 Å². The number of halogens is 1. The highest BCUT2D eigenvalue weighted by Gasteiger charge is 2.35. The van der Waals surface area contributed by atoms with E-state index in [9.17, 15) is 4.79 Å². The third kappa shape index (κ3) is 6.08. The maximum absolute atomic E-state index is 12.5. The molecular formula is C19H31ClN2O2. The summed E-state index contributed by atoms with van der Waals surface area (Å²) in [7, 11) is 0. The largest absolute Gasteiger partial charge is 0.376 e. The Morgan fingerprint density at radius 2 is 2.08 bits per heavy atom. The number of rotatable bonds is 8. The smallest absolute Gasteiger partial charge is 0.242 e. The van der Waals surface area contributed by atoms with Gasteiger partial charge in [-0.1, -0.05) is 43.7 Å². The standard InChI is InChI=1S/C19H30N2O2.ClH/c1-3-12-19(2,20)18(22)21-13-11-17(15-21)23-14-7-10-16-8-5-4-6-9-16;/h4-6,8-9,17H,3,7,10-15,20H2,1-2H3;1H. The molecule has 1 aromatic carbocycles. The number of carbonyl (C=O) groups excluding carboxylic acids is 1. The zero-order valence-corrected chi connectivity index (χ0v) is 15.7. The first-order chi connectivity index (χ1) is 11.0. The number of nitrogens with zero attached hydrogens (tertiary/aromatic N) is 1. The average molecular weight is 355 g/mol. The van der Waals surface area contributed by atoms with Crippen LogP contribution in [0.5, 0.6) is 0 Å². The Bertz CT molecular complexity index is 493. The van der Waals surface area contributed by atoms with Crippen molar-refractivity contribution in [2.75, 3.05) is 19.7 Å². The summed E-state index contributed by atoms with van der Waals surface area (Å²) in [6, 6.07) is 10.5. The minimum atomic E-state index is -0.739. The van der Waals surface area contributed by atoms with E-state index in [1.807, 2.05) is 17.9 Å². The number of carbonyl (C=O) groups is 1. The third-order valence-electron chi connectivity index (χ3n) is 4.50. The molecule has 2 atom stereocenters. The number of likely N-dealkylation sites (tertiary alicyclic amines) is 1. The first-order valence-corrected chi connectivity index (χ1v) is 8.76. The molecule has 1 aliphatic rings. The van der Waals surface area contributed by atoms with E-state index in [1.54, 1.807) is 0 Å². The Kier molecular flexibility index (Phi) is 8.74. The van der Waals surface area contributed by atoms with Crippen LogP contribution in [0.1, 0.15) is 45.1 Å². The number of ether oxygens (including phenoxy) is 1. The van der Waals surface area contributed by atoms with Gasteiger partial charge in [0.25, 0.3) is 0 Å². The summed E-state index contributed by atoms with van der Waals surface area (Å²) in [4.78, 5) is 14.3. The van der Waals surface area contributed by atoms with Gasteiger partial charge in [-0.3, -0.25) is 4.79 Å². The predicted octanol–water partition coefficient (Wildman–Crippen LogP) is 3.18. The summed E-state index contributed by atoms with van der Waals surface area (Å²) in [5.74, 6) is 0.0646. The van der Waals surface area contributed by atoms with Crippen molar-refractivity contribution < 1.29 is 9.53 Å². The van der Waals surface area contributed by atoms with E-state index in [2.05, 4.69) is 31.2 Å². The summed E-state index contributed by atoms with van der Waals surface area (Å²) < 4.78 is 5.94. The second kappa shape index (κ2) is 10.0. The molecule has 0 aliphatic carbocycles. The Morgan fingerprint density at radius 3 is 2.75 bits per heavy atom. The van der Waals surface area contributed by atoms with Crippen molar-refractivity contribution in [3.63, 3.8) is 0 Å². The molecule has 0 bridgehead atoms. The summed E-state index contributed by atoms with van der Waals surface area (Å²) in [6.45, 7) is 6.09. The lowest BCUT2D eigenvalue weighted by molar-refractivity contribution is -0.136. The second-order valence-corrected chi connectivity index (χ2v) is 6.79. The van der Waals surface area contributed by atoms with Crippen LogP contribution < -0.4 is 5.73 Å².